The number of hydrogen-bond acceptors (Lipinski definition) is 2. The number of quaternary nitrogens is 1. The lowest BCUT2D eigenvalue weighted by Crippen LogP contribution is -2.88. The summed E-state index contributed by atoms with van der Waals surface area (Å²) in [5.41, 5.74) is 0.938. The molecule has 132 valence electrons. The normalized spacial score (nSPS) is 13.0. The molecule has 25 heavy (non-hydrogen) atoms. The van der Waals surface area contributed by atoms with E-state index in [2.05, 4.69) is 10.6 Å². The van der Waals surface area contributed by atoms with Crippen LogP contribution in [0.25, 0.3) is 0 Å². The lowest BCUT2D eigenvalue weighted by molar-refractivity contribution is -0.719. The summed E-state index contributed by atoms with van der Waals surface area (Å²) in [6.45, 7) is 1.71. The van der Waals surface area contributed by atoms with Gasteiger partial charge in [0.05, 0.1) is 0 Å². The summed E-state index contributed by atoms with van der Waals surface area (Å²) >= 11 is 0. The van der Waals surface area contributed by atoms with Crippen molar-refractivity contribution in [2.24, 2.45) is 0 Å². The summed E-state index contributed by atoms with van der Waals surface area (Å²) in [7, 11) is 1.40. The number of imide groups is 1. The first-order valence-corrected chi connectivity index (χ1v) is 7.79. The molecule has 0 saturated carbocycles. The Morgan fingerprint density at radius 1 is 1.08 bits per heavy atom. The molecule has 0 heterocycles. The summed E-state index contributed by atoms with van der Waals surface area (Å²) in [6.07, 6.45) is 0. The summed E-state index contributed by atoms with van der Waals surface area (Å²) in [6, 6.07) is 10.3. The van der Waals surface area contributed by atoms with Gasteiger partial charge in [0.15, 0.2) is 6.04 Å². The van der Waals surface area contributed by atoms with E-state index in [0.717, 1.165) is 6.07 Å². The number of carbonyl (C=O) groups excluding carboxylic acids is 2. The predicted molar refractivity (Wildman–Crippen MR) is 88.5 cm³/mol. The topological polar surface area (TPSA) is 74.8 Å². The van der Waals surface area contributed by atoms with Gasteiger partial charge in [0.1, 0.15) is 17.7 Å². The van der Waals surface area contributed by atoms with Gasteiger partial charge in [0.2, 0.25) is 0 Å². The first-order chi connectivity index (χ1) is 11.9. The Balaban J connectivity index is 2.26. The van der Waals surface area contributed by atoms with Gasteiger partial charge in [-0.25, -0.2) is 13.6 Å². The Morgan fingerprint density at radius 2 is 1.76 bits per heavy atom. The lowest BCUT2D eigenvalue weighted by atomic mass is 10.0. The molecular formula is C18H20F2N3O2+. The largest absolute Gasteiger partial charge is 0.341 e. The minimum Gasteiger partial charge on any atom is -0.341 e. The summed E-state index contributed by atoms with van der Waals surface area (Å²) in [5.74, 6) is -1.87. The Kier molecular flexibility index (Phi) is 6.19. The van der Waals surface area contributed by atoms with Crippen molar-refractivity contribution in [2.75, 3.05) is 7.05 Å². The molecule has 0 unspecified atom stereocenters. The molecule has 0 aromatic heterocycles. The third kappa shape index (κ3) is 4.84. The van der Waals surface area contributed by atoms with Crippen LogP contribution in [-0.2, 0) is 4.79 Å². The van der Waals surface area contributed by atoms with Crippen LogP contribution in [-0.4, -0.2) is 19.0 Å². The Labute approximate surface area is 144 Å². The highest BCUT2D eigenvalue weighted by atomic mass is 19.1. The van der Waals surface area contributed by atoms with Gasteiger partial charge in [-0.05, 0) is 19.1 Å². The van der Waals surface area contributed by atoms with E-state index in [9.17, 15) is 18.4 Å². The monoisotopic (exact) mass is 348 g/mol. The zero-order chi connectivity index (χ0) is 18.4. The zero-order valence-corrected chi connectivity index (χ0v) is 13.9. The quantitative estimate of drug-likeness (QED) is 0.771. The van der Waals surface area contributed by atoms with Crippen molar-refractivity contribution < 1.29 is 23.7 Å². The van der Waals surface area contributed by atoms with Crippen LogP contribution in [0.4, 0.5) is 13.6 Å². The number of carbonyl (C=O) groups is 2. The van der Waals surface area contributed by atoms with Crippen LogP contribution in [0.3, 0.4) is 0 Å². The highest BCUT2D eigenvalue weighted by Crippen LogP contribution is 2.17. The average Bonchev–Trinajstić information content (AvgIpc) is 2.59. The number of benzene rings is 2. The molecule has 2 aromatic rings. The second kappa shape index (κ2) is 8.34. The Morgan fingerprint density at radius 3 is 2.36 bits per heavy atom. The highest BCUT2D eigenvalue weighted by molar-refractivity contribution is 5.96. The predicted octanol–water partition coefficient (Wildman–Crippen LogP) is 1.79. The second-order valence-electron chi connectivity index (χ2n) is 5.60. The molecule has 7 heteroatoms. The molecule has 5 nitrogen and oxygen atoms in total. The maximum absolute atomic E-state index is 14.0. The molecule has 0 radical (unpaired) electrons. The van der Waals surface area contributed by atoms with Crippen molar-refractivity contribution in [2.45, 2.75) is 19.0 Å². The standard InChI is InChI=1S/C18H19F2N3O2/c1-11(14-9-8-13(19)10-15(14)20)22-16(12-6-4-3-5-7-12)17(24)23-18(25)21-2/h3-11,16,22H,1-2H3,(H2,21,23,24,25)/p+1/t11-,16-/m1/s1. The molecule has 0 aliphatic carbocycles. The maximum atomic E-state index is 14.0. The van der Waals surface area contributed by atoms with Crippen molar-refractivity contribution in [3.8, 4) is 0 Å². The van der Waals surface area contributed by atoms with Crippen LogP contribution in [0.15, 0.2) is 48.5 Å². The first kappa shape index (κ1) is 18.5. The number of nitrogens with two attached hydrogens (primary N) is 1. The van der Waals surface area contributed by atoms with Gasteiger partial charge < -0.3 is 10.6 Å². The molecule has 2 atom stereocenters. The molecule has 3 amide bonds. The van der Waals surface area contributed by atoms with E-state index in [1.54, 1.807) is 42.6 Å². The van der Waals surface area contributed by atoms with E-state index in [4.69, 9.17) is 0 Å². The number of nitrogens with one attached hydrogen (secondary N) is 2. The maximum Gasteiger partial charge on any atom is 0.321 e. The second-order valence-corrected chi connectivity index (χ2v) is 5.60. The third-order valence-electron chi connectivity index (χ3n) is 3.84. The molecule has 0 spiro atoms. The van der Waals surface area contributed by atoms with Crippen molar-refractivity contribution in [1.29, 1.82) is 0 Å². The van der Waals surface area contributed by atoms with Gasteiger partial charge >= 0.3 is 6.03 Å². The number of urea groups is 1. The van der Waals surface area contributed by atoms with E-state index in [0.29, 0.717) is 5.56 Å². The zero-order valence-electron chi connectivity index (χ0n) is 13.9. The van der Waals surface area contributed by atoms with Gasteiger partial charge in [-0.15, -0.1) is 0 Å². The fourth-order valence-corrected chi connectivity index (χ4v) is 2.53. The average molecular weight is 348 g/mol. The first-order valence-electron chi connectivity index (χ1n) is 7.79. The molecular weight excluding hydrogens is 328 g/mol. The number of halogens is 2. The minimum absolute atomic E-state index is 0.273. The minimum atomic E-state index is -0.766. The fourth-order valence-electron chi connectivity index (χ4n) is 2.53. The van der Waals surface area contributed by atoms with Crippen LogP contribution in [0.5, 0.6) is 0 Å². The van der Waals surface area contributed by atoms with Gasteiger partial charge in [-0.2, -0.15) is 0 Å². The third-order valence-corrected chi connectivity index (χ3v) is 3.84. The molecule has 0 aliphatic heterocycles. The van der Waals surface area contributed by atoms with E-state index in [-0.39, 0.29) is 5.56 Å². The number of rotatable bonds is 5. The van der Waals surface area contributed by atoms with Gasteiger partial charge in [0.25, 0.3) is 5.91 Å². The highest BCUT2D eigenvalue weighted by Gasteiger charge is 2.29. The molecule has 0 saturated heterocycles. The molecule has 0 aliphatic rings. The Bertz CT molecular complexity index is 753. The lowest BCUT2D eigenvalue weighted by Gasteiger charge is -2.20. The molecule has 2 rings (SSSR count). The molecule has 4 N–H and O–H groups in total. The van der Waals surface area contributed by atoms with Crippen molar-refractivity contribution in [1.82, 2.24) is 10.6 Å². The summed E-state index contributed by atoms with van der Waals surface area (Å²) in [5, 5.41) is 6.18. The summed E-state index contributed by atoms with van der Waals surface area (Å²) < 4.78 is 27.1. The van der Waals surface area contributed by atoms with E-state index in [1.165, 1.54) is 19.2 Å². The fraction of sp³-hybridized carbons (Fsp3) is 0.222. The molecule has 0 fully saturated rings. The van der Waals surface area contributed by atoms with E-state index in [1.807, 2.05) is 0 Å². The van der Waals surface area contributed by atoms with E-state index < -0.39 is 35.7 Å². The van der Waals surface area contributed by atoms with Crippen LogP contribution in [0.1, 0.15) is 30.1 Å². The van der Waals surface area contributed by atoms with Crippen LogP contribution < -0.4 is 16.0 Å². The van der Waals surface area contributed by atoms with Crippen molar-refractivity contribution >= 4 is 11.9 Å². The van der Waals surface area contributed by atoms with Crippen LogP contribution in [0, 0.1) is 11.6 Å². The van der Waals surface area contributed by atoms with Gasteiger partial charge in [-0.3, -0.25) is 10.1 Å². The smallest absolute Gasteiger partial charge is 0.321 e. The Hall–Kier alpha value is -2.80. The molecule has 2 aromatic carbocycles. The van der Waals surface area contributed by atoms with Gasteiger partial charge in [0, 0.05) is 24.2 Å². The van der Waals surface area contributed by atoms with E-state index >= 15 is 0 Å². The van der Waals surface area contributed by atoms with Crippen molar-refractivity contribution in [3.05, 3.63) is 71.3 Å². The summed E-state index contributed by atoms with van der Waals surface area (Å²) in [4.78, 5) is 23.9. The van der Waals surface area contributed by atoms with Crippen molar-refractivity contribution in [3.63, 3.8) is 0 Å². The number of amides is 3. The van der Waals surface area contributed by atoms with Crippen LogP contribution >= 0.6 is 0 Å². The van der Waals surface area contributed by atoms with Gasteiger partial charge in [-0.1, -0.05) is 30.3 Å². The number of hydrogen-bond donors (Lipinski definition) is 3. The van der Waals surface area contributed by atoms with Crippen LogP contribution in [0.2, 0.25) is 0 Å². The SMILES string of the molecule is CNC(=O)NC(=O)[C@H]([NH2+][C@H](C)c1ccc(F)cc1F)c1ccccc1. The molecule has 0 bridgehead atoms.